The van der Waals surface area contributed by atoms with Crippen LogP contribution in [0.5, 0.6) is 0 Å². The topological polar surface area (TPSA) is 45.8 Å². The summed E-state index contributed by atoms with van der Waals surface area (Å²) in [5.41, 5.74) is 1.08. The van der Waals surface area contributed by atoms with Gasteiger partial charge in [0, 0.05) is 24.0 Å². The van der Waals surface area contributed by atoms with E-state index in [0.29, 0.717) is 11.3 Å². The maximum absolute atomic E-state index is 11.5. The SMILES string of the molecule is CC(C)c1c[nH]c(=O)c2ccncc12. The molecule has 0 saturated heterocycles. The fraction of sp³-hybridized carbons (Fsp3) is 0.273. The number of pyridine rings is 2. The van der Waals surface area contributed by atoms with Gasteiger partial charge in [-0.15, -0.1) is 0 Å². The number of nitrogens with zero attached hydrogens (tertiary/aromatic N) is 1. The molecule has 2 aromatic rings. The predicted molar refractivity (Wildman–Crippen MR) is 56.5 cm³/mol. The first-order valence-electron chi connectivity index (χ1n) is 4.65. The van der Waals surface area contributed by atoms with Crippen molar-refractivity contribution in [3.8, 4) is 0 Å². The van der Waals surface area contributed by atoms with E-state index in [4.69, 9.17) is 0 Å². The van der Waals surface area contributed by atoms with Gasteiger partial charge in [0.05, 0.1) is 5.39 Å². The molecule has 0 atom stereocenters. The van der Waals surface area contributed by atoms with Crippen LogP contribution in [0.1, 0.15) is 25.3 Å². The summed E-state index contributed by atoms with van der Waals surface area (Å²) in [5, 5.41) is 1.66. The molecule has 0 saturated carbocycles. The van der Waals surface area contributed by atoms with Crippen molar-refractivity contribution in [1.29, 1.82) is 0 Å². The molecule has 1 N–H and O–H groups in total. The Morgan fingerprint density at radius 3 is 2.86 bits per heavy atom. The zero-order chi connectivity index (χ0) is 10.1. The first-order valence-corrected chi connectivity index (χ1v) is 4.65. The van der Waals surface area contributed by atoms with Crippen molar-refractivity contribution in [1.82, 2.24) is 9.97 Å². The van der Waals surface area contributed by atoms with E-state index in [9.17, 15) is 4.79 Å². The zero-order valence-corrected chi connectivity index (χ0v) is 8.24. The van der Waals surface area contributed by atoms with E-state index in [0.717, 1.165) is 10.9 Å². The van der Waals surface area contributed by atoms with Gasteiger partial charge < -0.3 is 4.98 Å². The molecule has 0 aliphatic heterocycles. The van der Waals surface area contributed by atoms with E-state index in [1.165, 1.54) is 0 Å². The average molecular weight is 188 g/mol. The van der Waals surface area contributed by atoms with Gasteiger partial charge in [0.15, 0.2) is 0 Å². The second-order valence-electron chi connectivity index (χ2n) is 3.65. The van der Waals surface area contributed by atoms with E-state index < -0.39 is 0 Å². The Labute approximate surface area is 81.8 Å². The van der Waals surface area contributed by atoms with Crippen molar-refractivity contribution in [3.63, 3.8) is 0 Å². The smallest absolute Gasteiger partial charge is 0.255 e. The van der Waals surface area contributed by atoms with E-state index >= 15 is 0 Å². The fourth-order valence-electron chi connectivity index (χ4n) is 1.60. The number of hydrogen-bond acceptors (Lipinski definition) is 2. The molecule has 2 aromatic heterocycles. The van der Waals surface area contributed by atoms with Gasteiger partial charge >= 0.3 is 0 Å². The van der Waals surface area contributed by atoms with Crippen molar-refractivity contribution in [2.75, 3.05) is 0 Å². The van der Waals surface area contributed by atoms with Crippen molar-refractivity contribution >= 4 is 10.8 Å². The van der Waals surface area contributed by atoms with Crippen LogP contribution < -0.4 is 5.56 Å². The minimum Gasteiger partial charge on any atom is -0.328 e. The van der Waals surface area contributed by atoms with Crippen molar-refractivity contribution < 1.29 is 0 Å². The Morgan fingerprint density at radius 2 is 2.14 bits per heavy atom. The van der Waals surface area contributed by atoms with Crippen LogP contribution in [-0.2, 0) is 0 Å². The van der Waals surface area contributed by atoms with Crippen LogP contribution in [0.15, 0.2) is 29.5 Å². The molecule has 3 nitrogen and oxygen atoms in total. The molecule has 0 spiro atoms. The molecule has 2 rings (SSSR count). The first kappa shape index (κ1) is 8.94. The lowest BCUT2D eigenvalue weighted by Gasteiger charge is -2.07. The summed E-state index contributed by atoms with van der Waals surface area (Å²) in [6, 6.07) is 1.75. The third-order valence-corrected chi connectivity index (χ3v) is 2.36. The highest BCUT2D eigenvalue weighted by Crippen LogP contribution is 2.20. The molecule has 0 fully saturated rings. The largest absolute Gasteiger partial charge is 0.328 e. The molecular weight excluding hydrogens is 176 g/mol. The lowest BCUT2D eigenvalue weighted by atomic mass is 10.0. The number of aromatic nitrogens is 2. The highest BCUT2D eigenvalue weighted by molar-refractivity contribution is 5.83. The molecular formula is C11H12N2O. The molecule has 0 unspecified atom stereocenters. The van der Waals surface area contributed by atoms with Crippen LogP contribution in [0.25, 0.3) is 10.8 Å². The van der Waals surface area contributed by atoms with Gasteiger partial charge in [-0.2, -0.15) is 0 Å². The minimum atomic E-state index is -0.0493. The van der Waals surface area contributed by atoms with Gasteiger partial charge in [0.25, 0.3) is 5.56 Å². The fourth-order valence-corrected chi connectivity index (χ4v) is 1.60. The van der Waals surface area contributed by atoms with Gasteiger partial charge in [0.2, 0.25) is 0 Å². The Morgan fingerprint density at radius 1 is 1.36 bits per heavy atom. The number of rotatable bonds is 1. The molecule has 14 heavy (non-hydrogen) atoms. The van der Waals surface area contributed by atoms with Crippen LogP contribution in [0.4, 0.5) is 0 Å². The van der Waals surface area contributed by atoms with Gasteiger partial charge in [-0.05, 0) is 17.5 Å². The summed E-state index contributed by atoms with van der Waals surface area (Å²) in [6.45, 7) is 4.19. The van der Waals surface area contributed by atoms with E-state index in [1.807, 2.05) is 0 Å². The highest BCUT2D eigenvalue weighted by Gasteiger charge is 2.06. The van der Waals surface area contributed by atoms with Gasteiger partial charge in [0.1, 0.15) is 0 Å². The molecule has 0 aliphatic rings. The summed E-state index contributed by atoms with van der Waals surface area (Å²) < 4.78 is 0. The maximum atomic E-state index is 11.5. The molecule has 3 heteroatoms. The summed E-state index contributed by atoms with van der Waals surface area (Å²) in [7, 11) is 0. The third kappa shape index (κ3) is 1.31. The molecule has 2 heterocycles. The van der Waals surface area contributed by atoms with Crippen molar-refractivity contribution in [2.24, 2.45) is 0 Å². The summed E-state index contributed by atoms with van der Waals surface area (Å²) in [6.07, 6.45) is 5.17. The number of H-pyrrole nitrogens is 1. The van der Waals surface area contributed by atoms with Crippen LogP contribution in [-0.4, -0.2) is 9.97 Å². The monoisotopic (exact) mass is 188 g/mol. The maximum Gasteiger partial charge on any atom is 0.255 e. The van der Waals surface area contributed by atoms with Crippen molar-refractivity contribution in [2.45, 2.75) is 19.8 Å². The predicted octanol–water partition coefficient (Wildman–Crippen LogP) is 2.05. The first-order chi connectivity index (χ1) is 6.70. The lowest BCUT2D eigenvalue weighted by Crippen LogP contribution is -2.07. The lowest BCUT2D eigenvalue weighted by molar-refractivity contribution is 0.866. The van der Waals surface area contributed by atoms with Gasteiger partial charge in [-0.25, -0.2) is 0 Å². The van der Waals surface area contributed by atoms with Crippen LogP contribution in [0, 0.1) is 0 Å². The van der Waals surface area contributed by atoms with Crippen LogP contribution in [0.3, 0.4) is 0 Å². The normalized spacial score (nSPS) is 11.1. The Balaban J connectivity index is 2.89. The third-order valence-electron chi connectivity index (χ3n) is 2.36. The number of aromatic amines is 1. The average Bonchev–Trinajstić information content (AvgIpc) is 2.18. The van der Waals surface area contributed by atoms with E-state index in [2.05, 4.69) is 23.8 Å². The summed E-state index contributed by atoms with van der Waals surface area (Å²) in [5.74, 6) is 0.388. The zero-order valence-electron chi connectivity index (χ0n) is 8.24. The molecule has 72 valence electrons. The second kappa shape index (κ2) is 3.25. The molecule has 0 aliphatic carbocycles. The number of hydrogen-bond donors (Lipinski definition) is 1. The minimum absolute atomic E-state index is 0.0493. The number of fused-ring (bicyclic) bond motifs is 1. The van der Waals surface area contributed by atoms with E-state index in [1.54, 1.807) is 24.7 Å². The van der Waals surface area contributed by atoms with Crippen LogP contribution in [0.2, 0.25) is 0 Å². The van der Waals surface area contributed by atoms with Crippen molar-refractivity contribution in [3.05, 3.63) is 40.6 Å². The summed E-state index contributed by atoms with van der Waals surface area (Å²) >= 11 is 0. The Bertz CT molecular complexity index is 514. The molecule has 0 bridgehead atoms. The van der Waals surface area contributed by atoms with Crippen LogP contribution >= 0.6 is 0 Å². The quantitative estimate of drug-likeness (QED) is 0.744. The molecule has 0 aromatic carbocycles. The molecule has 0 radical (unpaired) electrons. The summed E-state index contributed by atoms with van der Waals surface area (Å²) in [4.78, 5) is 18.3. The number of nitrogens with one attached hydrogen (secondary N) is 1. The van der Waals surface area contributed by atoms with E-state index in [-0.39, 0.29) is 5.56 Å². The van der Waals surface area contributed by atoms with Gasteiger partial charge in [-0.3, -0.25) is 9.78 Å². The standard InChI is InChI=1S/C11H12N2O/c1-7(2)9-6-13-11(14)8-3-4-12-5-10(8)9/h3-7H,1-2H3,(H,13,14). The van der Waals surface area contributed by atoms with Gasteiger partial charge in [-0.1, -0.05) is 13.8 Å². The molecule has 0 amide bonds. The highest BCUT2D eigenvalue weighted by atomic mass is 16.1. The Hall–Kier alpha value is -1.64. The Kier molecular flexibility index (Phi) is 2.08. The second-order valence-corrected chi connectivity index (χ2v) is 3.65.